The molecule has 0 aliphatic carbocycles. The summed E-state index contributed by atoms with van der Waals surface area (Å²) in [5.41, 5.74) is 1.87. The third-order valence-electron chi connectivity index (χ3n) is 3.06. The van der Waals surface area contributed by atoms with Gasteiger partial charge in [0, 0.05) is 17.5 Å². The second kappa shape index (κ2) is 5.65. The van der Waals surface area contributed by atoms with E-state index in [2.05, 4.69) is 21.2 Å². The van der Waals surface area contributed by atoms with Gasteiger partial charge in [0.1, 0.15) is 0 Å². The predicted octanol–water partition coefficient (Wildman–Crippen LogP) is 2.49. The molecule has 1 aromatic carbocycles. The van der Waals surface area contributed by atoms with Crippen LogP contribution in [0.3, 0.4) is 0 Å². The molecule has 0 spiro atoms. The van der Waals surface area contributed by atoms with Crippen LogP contribution in [0.4, 0.5) is 0 Å². The fraction of sp³-hybridized carbons (Fsp3) is 0.462. The molecule has 4 heteroatoms. The lowest BCUT2D eigenvalue weighted by molar-refractivity contribution is 0.0866. The maximum Gasteiger partial charge on any atom is 0.251 e. The average molecular weight is 298 g/mol. The number of rotatable bonds is 3. The van der Waals surface area contributed by atoms with Gasteiger partial charge in [-0.15, -0.1) is 0 Å². The highest BCUT2D eigenvalue weighted by atomic mass is 79.9. The van der Waals surface area contributed by atoms with Crippen LogP contribution in [0.25, 0.3) is 0 Å². The van der Waals surface area contributed by atoms with Gasteiger partial charge < -0.3 is 10.1 Å². The fourth-order valence-corrected chi connectivity index (χ4v) is 2.29. The molecule has 2 unspecified atom stereocenters. The number of carbonyl (C=O) groups excluding carboxylic acids is 1. The van der Waals surface area contributed by atoms with Crippen molar-refractivity contribution in [2.45, 2.75) is 30.8 Å². The molecule has 0 saturated carbocycles. The summed E-state index contributed by atoms with van der Waals surface area (Å²) in [6.07, 6.45) is 1.01. The summed E-state index contributed by atoms with van der Waals surface area (Å²) in [5.74, 6) is -0.0199. The Labute approximate surface area is 110 Å². The first-order chi connectivity index (χ1) is 8.20. The quantitative estimate of drug-likeness (QED) is 0.871. The van der Waals surface area contributed by atoms with Crippen molar-refractivity contribution in [3.63, 3.8) is 0 Å². The van der Waals surface area contributed by atoms with Gasteiger partial charge in [-0.25, -0.2) is 0 Å². The smallest absolute Gasteiger partial charge is 0.251 e. The van der Waals surface area contributed by atoms with Gasteiger partial charge in [-0.3, -0.25) is 4.79 Å². The molecule has 1 aliphatic rings. The van der Waals surface area contributed by atoms with E-state index in [1.807, 2.05) is 31.2 Å². The number of nitrogens with one attached hydrogen (secondary N) is 1. The third kappa shape index (κ3) is 3.07. The van der Waals surface area contributed by atoms with Crippen molar-refractivity contribution >= 4 is 21.8 Å². The molecule has 1 N–H and O–H groups in total. The summed E-state index contributed by atoms with van der Waals surface area (Å²) in [6, 6.07) is 7.76. The standard InChI is InChI=1S/C13H16BrNO2/c1-9-12(6-7-17-9)15-13(16)11-4-2-10(8-14)3-5-11/h2-5,9,12H,6-8H2,1H3,(H,15,16). The highest BCUT2D eigenvalue weighted by molar-refractivity contribution is 9.08. The van der Waals surface area contributed by atoms with E-state index in [0.29, 0.717) is 5.56 Å². The summed E-state index contributed by atoms with van der Waals surface area (Å²) < 4.78 is 5.42. The van der Waals surface area contributed by atoms with Gasteiger partial charge in [-0.1, -0.05) is 28.1 Å². The zero-order chi connectivity index (χ0) is 12.3. The fourth-order valence-electron chi connectivity index (χ4n) is 1.92. The highest BCUT2D eigenvalue weighted by Gasteiger charge is 2.25. The zero-order valence-electron chi connectivity index (χ0n) is 9.78. The van der Waals surface area contributed by atoms with Crippen LogP contribution in [0.1, 0.15) is 29.3 Å². The Morgan fingerprint density at radius 3 is 2.71 bits per heavy atom. The van der Waals surface area contributed by atoms with Crippen molar-refractivity contribution in [2.75, 3.05) is 6.61 Å². The molecule has 1 aromatic rings. The lowest BCUT2D eigenvalue weighted by atomic mass is 10.1. The van der Waals surface area contributed by atoms with E-state index in [4.69, 9.17) is 4.74 Å². The largest absolute Gasteiger partial charge is 0.376 e. The van der Waals surface area contributed by atoms with Crippen molar-refractivity contribution in [2.24, 2.45) is 0 Å². The van der Waals surface area contributed by atoms with Crippen LogP contribution in [0.2, 0.25) is 0 Å². The topological polar surface area (TPSA) is 38.3 Å². The summed E-state index contributed by atoms with van der Waals surface area (Å²) >= 11 is 3.38. The summed E-state index contributed by atoms with van der Waals surface area (Å²) in [4.78, 5) is 12.0. The maximum absolute atomic E-state index is 12.0. The van der Waals surface area contributed by atoms with Gasteiger partial charge in [0.25, 0.3) is 5.91 Å². The molecule has 1 aliphatic heterocycles. The number of hydrogen-bond acceptors (Lipinski definition) is 2. The number of halogens is 1. The molecule has 2 atom stereocenters. The predicted molar refractivity (Wildman–Crippen MR) is 70.4 cm³/mol. The van der Waals surface area contributed by atoms with Crippen LogP contribution >= 0.6 is 15.9 Å². The number of carbonyl (C=O) groups is 1. The van der Waals surface area contributed by atoms with E-state index in [1.165, 1.54) is 5.56 Å². The number of amides is 1. The van der Waals surface area contributed by atoms with E-state index in [0.717, 1.165) is 18.4 Å². The Hall–Kier alpha value is -0.870. The average Bonchev–Trinajstić information content (AvgIpc) is 2.75. The Balaban J connectivity index is 1.99. The van der Waals surface area contributed by atoms with Crippen LogP contribution in [0.5, 0.6) is 0 Å². The number of alkyl halides is 1. The van der Waals surface area contributed by atoms with Gasteiger partial charge in [0.15, 0.2) is 0 Å². The normalized spacial score (nSPS) is 23.6. The first-order valence-corrected chi connectivity index (χ1v) is 6.90. The molecule has 3 nitrogen and oxygen atoms in total. The molecule has 0 aromatic heterocycles. The monoisotopic (exact) mass is 297 g/mol. The lowest BCUT2D eigenvalue weighted by Crippen LogP contribution is -2.39. The molecular weight excluding hydrogens is 282 g/mol. The van der Waals surface area contributed by atoms with Crippen molar-refractivity contribution in [1.82, 2.24) is 5.32 Å². The molecular formula is C13H16BrNO2. The van der Waals surface area contributed by atoms with E-state index >= 15 is 0 Å². The highest BCUT2D eigenvalue weighted by Crippen LogP contribution is 2.14. The molecule has 1 heterocycles. The van der Waals surface area contributed by atoms with Gasteiger partial charge in [-0.2, -0.15) is 0 Å². The Morgan fingerprint density at radius 1 is 1.47 bits per heavy atom. The molecule has 1 fully saturated rings. The van der Waals surface area contributed by atoms with Crippen LogP contribution in [-0.4, -0.2) is 24.7 Å². The summed E-state index contributed by atoms with van der Waals surface area (Å²) in [5, 5.41) is 3.81. The number of ether oxygens (including phenoxy) is 1. The van der Waals surface area contributed by atoms with E-state index in [-0.39, 0.29) is 18.1 Å². The number of hydrogen-bond donors (Lipinski definition) is 1. The lowest BCUT2D eigenvalue weighted by Gasteiger charge is -2.16. The van der Waals surface area contributed by atoms with Crippen LogP contribution in [0, 0.1) is 0 Å². The Kier molecular flexibility index (Phi) is 4.18. The maximum atomic E-state index is 12.0. The molecule has 92 valence electrons. The number of benzene rings is 1. The Bertz CT molecular complexity index is 391. The van der Waals surface area contributed by atoms with Crippen LogP contribution in [0.15, 0.2) is 24.3 Å². The summed E-state index contributed by atoms with van der Waals surface area (Å²) in [6.45, 7) is 2.72. The minimum Gasteiger partial charge on any atom is -0.376 e. The zero-order valence-corrected chi connectivity index (χ0v) is 11.4. The minimum atomic E-state index is -0.0199. The van der Waals surface area contributed by atoms with Gasteiger partial charge in [0.05, 0.1) is 12.1 Å². The van der Waals surface area contributed by atoms with E-state index < -0.39 is 0 Å². The first-order valence-electron chi connectivity index (χ1n) is 5.78. The van der Waals surface area contributed by atoms with Gasteiger partial charge in [0.2, 0.25) is 0 Å². The summed E-state index contributed by atoms with van der Waals surface area (Å²) in [7, 11) is 0. The molecule has 1 amide bonds. The molecule has 2 rings (SSSR count). The van der Waals surface area contributed by atoms with Gasteiger partial charge in [-0.05, 0) is 31.0 Å². The van der Waals surface area contributed by atoms with Crippen molar-refractivity contribution in [3.05, 3.63) is 35.4 Å². The molecule has 1 saturated heterocycles. The second-order valence-electron chi connectivity index (χ2n) is 4.28. The third-order valence-corrected chi connectivity index (χ3v) is 3.71. The first kappa shape index (κ1) is 12.6. The van der Waals surface area contributed by atoms with E-state index in [9.17, 15) is 4.79 Å². The van der Waals surface area contributed by atoms with E-state index in [1.54, 1.807) is 0 Å². The van der Waals surface area contributed by atoms with Crippen LogP contribution < -0.4 is 5.32 Å². The molecule has 0 bridgehead atoms. The minimum absolute atomic E-state index is 0.0199. The second-order valence-corrected chi connectivity index (χ2v) is 4.84. The van der Waals surface area contributed by atoms with Gasteiger partial charge >= 0.3 is 0 Å². The Morgan fingerprint density at radius 2 is 2.18 bits per heavy atom. The molecule has 17 heavy (non-hydrogen) atoms. The van der Waals surface area contributed by atoms with Crippen LogP contribution in [-0.2, 0) is 10.1 Å². The van der Waals surface area contributed by atoms with Crippen molar-refractivity contribution in [1.29, 1.82) is 0 Å². The molecule has 0 radical (unpaired) electrons. The SMILES string of the molecule is CC1OCCC1NC(=O)c1ccc(CBr)cc1. The van der Waals surface area contributed by atoms with Crippen molar-refractivity contribution < 1.29 is 9.53 Å². The van der Waals surface area contributed by atoms with Crippen molar-refractivity contribution in [3.8, 4) is 0 Å².